The minimum Gasteiger partial charge on any atom is -0.264 e. The third-order valence-corrected chi connectivity index (χ3v) is 7.86. The quantitative estimate of drug-likeness (QED) is 0.238. The molecule has 0 amide bonds. The van der Waals surface area contributed by atoms with Gasteiger partial charge in [-0.05, 0) is 91.6 Å². The van der Waals surface area contributed by atoms with E-state index in [0.717, 1.165) is 5.56 Å². The molecule has 0 radical (unpaired) electrons. The second-order valence-electron chi connectivity index (χ2n) is 8.88. The van der Waals surface area contributed by atoms with E-state index in [0.29, 0.717) is 0 Å². The molecule has 5 aromatic carbocycles. The standard InChI is InChI=1S/C33H21NS/c1-4-12-29-22(8-1)16-23-9-2-5-13-30(23)33(29)28-18-26(25-11-7-15-34-21-25)17-27(19-28)32-20-24-10-3-6-14-31(24)35-32/h1-21H. The van der Waals surface area contributed by atoms with Crippen LogP contribution in [0.3, 0.4) is 0 Å². The van der Waals surface area contributed by atoms with Crippen molar-refractivity contribution in [2.45, 2.75) is 0 Å². The topological polar surface area (TPSA) is 12.9 Å². The molecule has 0 bridgehead atoms. The van der Waals surface area contributed by atoms with E-state index in [1.165, 1.54) is 58.8 Å². The molecule has 0 saturated carbocycles. The van der Waals surface area contributed by atoms with Crippen molar-refractivity contribution < 1.29 is 0 Å². The minimum absolute atomic E-state index is 1.13. The maximum atomic E-state index is 4.40. The van der Waals surface area contributed by atoms with E-state index in [1.807, 2.05) is 29.8 Å². The lowest BCUT2D eigenvalue weighted by molar-refractivity contribution is 1.33. The van der Waals surface area contributed by atoms with Crippen LogP contribution in [0.15, 0.2) is 128 Å². The highest BCUT2D eigenvalue weighted by Gasteiger charge is 2.14. The van der Waals surface area contributed by atoms with Gasteiger partial charge in [0, 0.05) is 27.5 Å². The molecule has 0 aliphatic carbocycles. The maximum Gasteiger partial charge on any atom is 0.0355 e. The summed E-state index contributed by atoms with van der Waals surface area (Å²) in [5.74, 6) is 0. The van der Waals surface area contributed by atoms with Gasteiger partial charge >= 0.3 is 0 Å². The molecule has 164 valence electrons. The molecule has 0 N–H and O–H groups in total. The molecule has 0 fully saturated rings. The number of aromatic nitrogens is 1. The first-order valence-corrected chi connectivity index (χ1v) is 12.6. The summed E-state index contributed by atoms with van der Waals surface area (Å²) in [6, 6.07) is 41.8. The highest BCUT2D eigenvalue weighted by molar-refractivity contribution is 7.22. The van der Waals surface area contributed by atoms with Gasteiger partial charge in [-0.25, -0.2) is 0 Å². The Labute approximate surface area is 208 Å². The van der Waals surface area contributed by atoms with E-state index in [1.54, 1.807) is 0 Å². The Morgan fingerprint density at radius 3 is 1.86 bits per heavy atom. The zero-order valence-corrected chi connectivity index (χ0v) is 19.8. The summed E-state index contributed by atoms with van der Waals surface area (Å²) in [6.07, 6.45) is 3.79. The van der Waals surface area contributed by atoms with Crippen molar-refractivity contribution in [3.63, 3.8) is 0 Å². The van der Waals surface area contributed by atoms with Crippen LogP contribution in [-0.4, -0.2) is 4.98 Å². The molecule has 0 aliphatic rings. The molecule has 2 heterocycles. The number of pyridine rings is 1. The maximum absolute atomic E-state index is 4.40. The third kappa shape index (κ3) is 3.51. The van der Waals surface area contributed by atoms with Gasteiger partial charge in [-0.1, -0.05) is 72.8 Å². The fourth-order valence-corrected chi connectivity index (χ4v) is 6.11. The van der Waals surface area contributed by atoms with Gasteiger partial charge < -0.3 is 0 Å². The smallest absolute Gasteiger partial charge is 0.0355 e. The molecule has 0 atom stereocenters. The van der Waals surface area contributed by atoms with Gasteiger partial charge in [-0.2, -0.15) is 0 Å². The molecular formula is C33H21NS. The van der Waals surface area contributed by atoms with Crippen LogP contribution < -0.4 is 0 Å². The summed E-state index contributed by atoms with van der Waals surface area (Å²) in [5.41, 5.74) is 6.06. The number of fused-ring (bicyclic) bond motifs is 3. The number of rotatable bonds is 3. The Morgan fingerprint density at radius 2 is 1.14 bits per heavy atom. The van der Waals surface area contributed by atoms with Crippen molar-refractivity contribution in [3.05, 3.63) is 128 Å². The summed E-state index contributed by atoms with van der Waals surface area (Å²) >= 11 is 1.85. The van der Waals surface area contributed by atoms with Gasteiger partial charge in [-0.3, -0.25) is 4.98 Å². The van der Waals surface area contributed by atoms with Crippen molar-refractivity contribution in [2.24, 2.45) is 0 Å². The summed E-state index contributed by atoms with van der Waals surface area (Å²) < 4.78 is 1.31. The van der Waals surface area contributed by atoms with Crippen molar-refractivity contribution >= 4 is 43.0 Å². The number of hydrogen-bond donors (Lipinski definition) is 0. The van der Waals surface area contributed by atoms with Crippen LogP contribution in [0.1, 0.15) is 0 Å². The Balaban J connectivity index is 1.56. The molecule has 0 saturated heterocycles. The number of nitrogens with zero attached hydrogens (tertiary/aromatic N) is 1. The van der Waals surface area contributed by atoms with Gasteiger partial charge in [-0.15, -0.1) is 11.3 Å². The fraction of sp³-hybridized carbons (Fsp3) is 0. The predicted molar refractivity (Wildman–Crippen MR) is 151 cm³/mol. The molecule has 2 heteroatoms. The molecule has 0 spiro atoms. The number of thiophene rings is 1. The Morgan fingerprint density at radius 1 is 0.486 bits per heavy atom. The minimum atomic E-state index is 1.13. The Hall–Kier alpha value is -4.27. The van der Waals surface area contributed by atoms with Gasteiger partial charge in [0.05, 0.1) is 0 Å². The van der Waals surface area contributed by atoms with Crippen molar-refractivity contribution in [3.8, 4) is 32.7 Å². The molecule has 35 heavy (non-hydrogen) atoms. The number of hydrogen-bond acceptors (Lipinski definition) is 2. The average Bonchev–Trinajstić information content (AvgIpc) is 3.36. The first-order valence-electron chi connectivity index (χ1n) is 11.8. The second kappa shape index (κ2) is 8.19. The zero-order chi connectivity index (χ0) is 23.2. The lowest BCUT2D eigenvalue weighted by Gasteiger charge is -2.15. The predicted octanol–water partition coefficient (Wildman–Crippen LogP) is 9.60. The van der Waals surface area contributed by atoms with Crippen molar-refractivity contribution in [2.75, 3.05) is 0 Å². The van der Waals surface area contributed by atoms with E-state index in [-0.39, 0.29) is 0 Å². The lowest BCUT2D eigenvalue weighted by Crippen LogP contribution is -1.89. The van der Waals surface area contributed by atoms with Crippen molar-refractivity contribution in [1.82, 2.24) is 4.98 Å². The van der Waals surface area contributed by atoms with Crippen LogP contribution >= 0.6 is 11.3 Å². The highest BCUT2D eigenvalue weighted by atomic mass is 32.1. The van der Waals surface area contributed by atoms with Crippen LogP contribution in [0.2, 0.25) is 0 Å². The molecule has 0 aliphatic heterocycles. The van der Waals surface area contributed by atoms with E-state index < -0.39 is 0 Å². The van der Waals surface area contributed by atoms with Gasteiger partial charge in [0.2, 0.25) is 0 Å². The Kier molecular flexibility index (Phi) is 4.71. The second-order valence-corrected chi connectivity index (χ2v) is 9.97. The normalized spacial score (nSPS) is 11.4. The molecule has 2 aromatic heterocycles. The SMILES string of the molecule is c1cncc(-c2cc(-c3cc4ccccc4s3)cc(-c3c4ccccc4cc4ccccc34)c2)c1. The van der Waals surface area contributed by atoms with Crippen LogP contribution in [-0.2, 0) is 0 Å². The molecule has 0 unspecified atom stereocenters. The van der Waals surface area contributed by atoms with Gasteiger partial charge in [0.15, 0.2) is 0 Å². The monoisotopic (exact) mass is 463 g/mol. The zero-order valence-electron chi connectivity index (χ0n) is 19.0. The van der Waals surface area contributed by atoms with Crippen LogP contribution in [0.25, 0.3) is 64.3 Å². The first-order chi connectivity index (χ1) is 17.3. The number of benzene rings is 5. The average molecular weight is 464 g/mol. The van der Waals surface area contributed by atoms with E-state index in [9.17, 15) is 0 Å². The highest BCUT2D eigenvalue weighted by Crippen LogP contribution is 2.42. The Bertz CT molecular complexity index is 1760. The molecule has 7 aromatic rings. The van der Waals surface area contributed by atoms with E-state index >= 15 is 0 Å². The molecule has 7 rings (SSSR count). The fourth-order valence-electron chi connectivity index (χ4n) is 5.06. The van der Waals surface area contributed by atoms with Gasteiger partial charge in [0.25, 0.3) is 0 Å². The summed E-state index contributed by atoms with van der Waals surface area (Å²) in [6.45, 7) is 0. The van der Waals surface area contributed by atoms with Gasteiger partial charge in [0.1, 0.15) is 0 Å². The first kappa shape index (κ1) is 20.1. The van der Waals surface area contributed by atoms with Crippen LogP contribution in [0.4, 0.5) is 0 Å². The lowest BCUT2D eigenvalue weighted by atomic mass is 9.89. The van der Waals surface area contributed by atoms with E-state index in [4.69, 9.17) is 0 Å². The summed E-state index contributed by atoms with van der Waals surface area (Å²) in [5, 5.41) is 6.36. The molecule has 1 nitrogen and oxygen atoms in total. The van der Waals surface area contributed by atoms with Crippen LogP contribution in [0, 0.1) is 0 Å². The third-order valence-electron chi connectivity index (χ3n) is 6.70. The van der Waals surface area contributed by atoms with Crippen LogP contribution in [0.5, 0.6) is 0 Å². The largest absolute Gasteiger partial charge is 0.264 e. The van der Waals surface area contributed by atoms with E-state index in [2.05, 4.69) is 114 Å². The summed E-state index contributed by atoms with van der Waals surface area (Å²) in [7, 11) is 0. The summed E-state index contributed by atoms with van der Waals surface area (Å²) in [4.78, 5) is 5.68. The van der Waals surface area contributed by atoms with Crippen molar-refractivity contribution in [1.29, 1.82) is 0 Å². The molecular weight excluding hydrogens is 442 g/mol.